The van der Waals surface area contributed by atoms with Crippen LogP contribution in [0.5, 0.6) is 0 Å². The van der Waals surface area contributed by atoms with E-state index in [1.165, 1.54) is 11.1 Å². The summed E-state index contributed by atoms with van der Waals surface area (Å²) in [4.78, 5) is 19.2. The van der Waals surface area contributed by atoms with Crippen LogP contribution in [0.4, 0.5) is 0 Å². The maximum absolute atomic E-state index is 12.4. The van der Waals surface area contributed by atoms with Gasteiger partial charge in [-0.05, 0) is 24.4 Å². The van der Waals surface area contributed by atoms with Gasteiger partial charge in [0, 0.05) is 36.8 Å². The van der Waals surface area contributed by atoms with Crippen molar-refractivity contribution in [3.63, 3.8) is 0 Å². The molecule has 0 saturated carbocycles. The third-order valence-electron chi connectivity index (χ3n) is 3.06. The van der Waals surface area contributed by atoms with Crippen LogP contribution in [0, 0.1) is 0 Å². The van der Waals surface area contributed by atoms with E-state index in [2.05, 4.69) is 11.1 Å². The van der Waals surface area contributed by atoms with E-state index in [0.29, 0.717) is 10.6 Å². The highest BCUT2D eigenvalue weighted by molar-refractivity contribution is 7.09. The van der Waals surface area contributed by atoms with Gasteiger partial charge in [-0.15, -0.1) is 11.3 Å². The molecule has 0 aliphatic carbocycles. The Morgan fingerprint density at radius 1 is 1.53 bits per heavy atom. The first kappa shape index (κ1) is 14.0. The van der Waals surface area contributed by atoms with Gasteiger partial charge in [0.05, 0.1) is 10.6 Å². The second kappa shape index (κ2) is 6.17. The van der Waals surface area contributed by atoms with Gasteiger partial charge >= 0.3 is 0 Å². The standard InChI is InChI=1S/C14H15ClN2OS/c1-10(8-11-4-3-7-19-11)17(2)14(18)12-5-6-16-9-13(12)15/h3-7,9-10H,8H2,1-2H3. The molecule has 100 valence electrons. The average molecular weight is 295 g/mol. The van der Waals surface area contributed by atoms with Crippen molar-refractivity contribution in [2.24, 2.45) is 0 Å². The third-order valence-corrected chi connectivity index (χ3v) is 4.26. The van der Waals surface area contributed by atoms with E-state index in [4.69, 9.17) is 11.6 Å². The average Bonchev–Trinajstić information content (AvgIpc) is 2.90. The summed E-state index contributed by atoms with van der Waals surface area (Å²) in [7, 11) is 1.80. The molecule has 5 heteroatoms. The first-order valence-electron chi connectivity index (χ1n) is 5.98. The summed E-state index contributed by atoms with van der Waals surface area (Å²) in [5.41, 5.74) is 0.497. The van der Waals surface area contributed by atoms with Gasteiger partial charge in [-0.3, -0.25) is 9.78 Å². The van der Waals surface area contributed by atoms with Crippen molar-refractivity contribution in [2.45, 2.75) is 19.4 Å². The fraction of sp³-hybridized carbons (Fsp3) is 0.286. The van der Waals surface area contributed by atoms with Gasteiger partial charge in [0.1, 0.15) is 0 Å². The quantitative estimate of drug-likeness (QED) is 0.865. The summed E-state index contributed by atoms with van der Waals surface area (Å²) < 4.78 is 0. The third kappa shape index (κ3) is 3.33. The second-order valence-electron chi connectivity index (χ2n) is 4.40. The Bertz CT molecular complexity index is 556. The maximum Gasteiger partial charge on any atom is 0.255 e. The number of rotatable bonds is 4. The van der Waals surface area contributed by atoms with E-state index in [0.717, 1.165) is 6.42 Å². The van der Waals surface area contributed by atoms with Crippen molar-refractivity contribution in [3.8, 4) is 0 Å². The fourth-order valence-electron chi connectivity index (χ4n) is 1.80. The number of hydrogen-bond acceptors (Lipinski definition) is 3. The summed E-state index contributed by atoms with van der Waals surface area (Å²) in [5, 5.41) is 2.44. The van der Waals surface area contributed by atoms with Crippen molar-refractivity contribution in [1.82, 2.24) is 9.88 Å². The van der Waals surface area contributed by atoms with E-state index in [-0.39, 0.29) is 11.9 Å². The molecule has 1 amide bonds. The number of nitrogens with zero attached hydrogens (tertiary/aromatic N) is 2. The molecule has 0 aromatic carbocycles. The molecule has 0 bridgehead atoms. The van der Waals surface area contributed by atoms with Crippen LogP contribution in [-0.4, -0.2) is 28.9 Å². The molecule has 2 heterocycles. The van der Waals surface area contributed by atoms with Crippen LogP contribution in [0.3, 0.4) is 0 Å². The molecule has 2 rings (SSSR count). The predicted octanol–water partition coefficient (Wildman–Crippen LogP) is 3.50. The van der Waals surface area contributed by atoms with Crippen LogP contribution in [0.1, 0.15) is 22.2 Å². The van der Waals surface area contributed by atoms with Gasteiger partial charge in [-0.25, -0.2) is 0 Å². The molecule has 0 aliphatic rings. The fourth-order valence-corrected chi connectivity index (χ4v) is 2.82. The lowest BCUT2D eigenvalue weighted by Gasteiger charge is -2.25. The van der Waals surface area contributed by atoms with E-state index in [1.54, 1.807) is 35.5 Å². The van der Waals surface area contributed by atoms with Gasteiger partial charge < -0.3 is 4.90 Å². The van der Waals surface area contributed by atoms with Crippen LogP contribution in [0.2, 0.25) is 5.02 Å². The molecular weight excluding hydrogens is 280 g/mol. The number of pyridine rings is 1. The Kier molecular flexibility index (Phi) is 4.56. The highest BCUT2D eigenvalue weighted by Crippen LogP contribution is 2.18. The topological polar surface area (TPSA) is 33.2 Å². The van der Waals surface area contributed by atoms with Crippen LogP contribution in [0.25, 0.3) is 0 Å². The first-order chi connectivity index (χ1) is 9.09. The summed E-state index contributed by atoms with van der Waals surface area (Å²) in [6.07, 6.45) is 3.92. The predicted molar refractivity (Wildman–Crippen MR) is 78.8 cm³/mol. The summed E-state index contributed by atoms with van der Waals surface area (Å²) in [5.74, 6) is -0.0727. The van der Waals surface area contributed by atoms with Crippen molar-refractivity contribution in [1.29, 1.82) is 0 Å². The molecule has 0 saturated heterocycles. The lowest BCUT2D eigenvalue weighted by atomic mass is 10.1. The highest BCUT2D eigenvalue weighted by atomic mass is 35.5. The first-order valence-corrected chi connectivity index (χ1v) is 7.24. The van der Waals surface area contributed by atoms with Crippen molar-refractivity contribution < 1.29 is 4.79 Å². The minimum Gasteiger partial charge on any atom is -0.339 e. The Morgan fingerprint density at radius 3 is 2.95 bits per heavy atom. The molecule has 2 aromatic rings. The molecule has 3 nitrogen and oxygen atoms in total. The molecule has 0 radical (unpaired) electrons. The van der Waals surface area contributed by atoms with Crippen LogP contribution in [-0.2, 0) is 6.42 Å². The summed E-state index contributed by atoms with van der Waals surface area (Å²) in [6.45, 7) is 2.03. The summed E-state index contributed by atoms with van der Waals surface area (Å²) >= 11 is 7.71. The molecule has 0 N–H and O–H groups in total. The van der Waals surface area contributed by atoms with Gasteiger partial charge in [0.15, 0.2) is 0 Å². The van der Waals surface area contributed by atoms with Gasteiger partial charge in [0.2, 0.25) is 0 Å². The molecular formula is C14H15ClN2OS. The molecule has 1 atom stereocenters. The zero-order chi connectivity index (χ0) is 13.8. The number of aromatic nitrogens is 1. The highest BCUT2D eigenvalue weighted by Gasteiger charge is 2.20. The smallest absolute Gasteiger partial charge is 0.255 e. The number of likely N-dealkylation sites (N-methyl/N-ethyl adjacent to an activating group) is 1. The van der Waals surface area contributed by atoms with Crippen LogP contribution >= 0.6 is 22.9 Å². The summed E-state index contributed by atoms with van der Waals surface area (Å²) in [6, 6.07) is 5.88. The Labute approximate surface area is 121 Å². The lowest BCUT2D eigenvalue weighted by Crippen LogP contribution is -2.36. The molecule has 19 heavy (non-hydrogen) atoms. The molecule has 2 aromatic heterocycles. The van der Waals surface area contributed by atoms with Crippen LogP contribution < -0.4 is 0 Å². The molecule has 1 unspecified atom stereocenters. The Hall–Kier alpha value is -1.39. The van der Waals surface area contributed by atoms with Crippen molar-refractivity contribution in [3.05, 3.63) is 51.4 Å². The zero-order valence-electron chi connectivity index (χ0n) is 10.8. The maximum atomic E-state index is 12.4. The number of carbonyl (C=O) groups is 1. The zero-order valence-corrected chi connectivity index (χ0v) is 12.4. The van der Waals surface area contributed by atoms with E-state index < -0.39 is 0 Å². The Morgan fingerprint density at radius 2 is 2.32 bits per heavy atom. The molecule has 0 fully saturated rings. The van der Waals surface area contributed by atoms with E-state index in [1.807, 2.05) is 18.4 Å². The normalized spacial score (nSPS) is 12.2. The van der Waals surface area contributed by atoms with E-state index >= 15 is 0 Å². The van der Waals surface area contributed by atoms with Gasteiger partial charge in [-0.2, -0.15) is 0 Å². The second-order valence-corrected chi connectivity index (χ2v) is 5.84. The monoisotopic (exact) mass is 294 g/mol. The number of carbonyl (C=O) groups excluding carboxylic acids is 1. The molecule has 0 spiro atoms. The number of amides is 1. The largest absolute Gasteiger partial charge is 0.339 e. The molecule has 0 aliphatic heterocycles. The number of halogens is 1. The Balaban J connectivity index is 2.09. The minimum absolute atomic E-state index is 0.0727. The van der Waals surface area contributed by atoms with E-state index in [9.17, 15) is 4.79 Å². The number of thiophene rings is 1. The van der Waals surface area contributed by atoms with Crippen molar-refractivity contribution >= 4 is 28.8 Å². The lowest BCUT2D eigenvalue weighted by molar-refractivity contribution is 0.0744. The SMILES string of the molecule is CC(Cc1cccs1)N(C)C(=O)c1ccncc1Cl. The number of hydrogen-bond donors (Lipinski definition) is 0. The van der Waals surface area contributed by atoms with Crippen molar-refractivity contribution in [2.75, 3.05) is 7.05 Å². The minimum atomic E-state index is -0.0727. The van der Waals surface area contributed by atoms with Gasteiger partial charge in [-0.1, -0.05) is 17.7 Å². The van der Waals surface area contributed by atoms with Crippen LogP contribution in [0.15, 0.2) is 36.0 Å². The van der Waals surface area contributed by atoms with Gasteiger partial charge in [0.25, 0.3) is 5.91 Å².